The number of piperidine rings is 1. The summed E-state index contributed by atoms with van der Waals surface area (Å²) >= 11 is 0. The molecule has 160 valence electrons. The lowest BCUT2D eigenvalue weighted by Gasteiger charge is -2.30. The summed E-state index contributed by atoms with van der Waals surface area (Å²) < 4.78 is 1.61. The molecule has 4 rings (SSSR count). The topological polar surface area (TPSA) is 81.3 Å². The van der Waals surface area contributed by atoms with Crippen LogP contribution in [0, 0.1) is 29.9 Å². The molecule has 7 heteroatoms. The molecular weight excluding hydrogens is 392 g/mol. The third kappa shape index (κ3) is 4.21. The molecule has 31 heavy (non-hydrogen) atoms. The lowest BCUT2D eigenvalue weighted by Crippen LogP contribution is -2.38. The van der Waals surface area contributed by atoms with Crippen molar-refractivity contribution in [1.29, 1.82) is 0 Å². The van der Waals surface area contributed by atoms with Crippen LogP contribution in [0.2, 0.25) is 0 Å². The van der Waals surface area contributed by atoms with Crippen molar-refractivity contribution >= 4 is 11.6 Å². The van der Waals surface area contributed by atoms with E-state index in [1.54, 1.807) is 16.8 Å². The molecule has 0 aliphatic carbocycles. The molecule has 2 heterocycles. The number of aromatic nitrogens is 2. The van der Waals surface area contributed by atoms with Crippen LogP contribution >= 0.6 is 0 Å². The summed E-state index contributed by atoms with van der Waals surface area (Å²) in [6.45, 7) is 7.77. The fourth-order valence-electron chi connectivity index (χ4n) is 3.86. The summed E-state index contributed by atoms with van der Waals surface area (Å²) in [5, 5.41) is 15.8. The number of benzene rings is 2. The van der Waals surface area contributed by atoms with Crippen molar-refractivity contribution in [2.45, 2.75) is 33.6 Å². The van der Waals surface area contributed by atoms with Crippen molar-refractivity contribution in [2.75, 3.05) is 13.1 Å². The van der Waals surface area contributed by atoms with E-state index in [1.807, 2.05) is 30.0 Å². The van der Waals surface area contributed by atoms with Crippen molar-refractivity contribution in [2.24, 2.45) is 5.92 Å². The lowest BCUT2D eigenvalue weighted by atomic mass is 9.99. The molecule has 1 amide bonds. The summed E-state index contributed by atoms with van der Waals surface area (Å²) in [6.07, 6.45) is 1.98. The molecule has 7 nitrogen and oxygen atoms in total. The SMILES string of the molecule is Cc1ccc(-c2cc(C(=O)N3CCC(C)CC3)n(-c3ccc([N+](=O)[O-])cc3)n2)cc1C. The van der Waals surface area contributed by atoms with Gasteiger partial charge in [0.05, 0.1) is 16.3 Å². The van der Waals surface area contributed by atoms with Crippen LogP contribution < -0.4 is 0 Å². The molecule has 1 fully saturated rings. The van der Waals surface area contributed by atoms with Crippen molar-refractivity contribution in [3.8, 4) is 16.9 Å². The van der Waals surface area contributed by atoms with Crippen LogP contribution in [-0.4, -0.2) is 38.6 Å². The summed E-state index contributed by atoms with van der Waals surface area (Å²) in [5.74, 6) is 0.558. The number of nitrogens with zero attached hydrogens (tertiary/aromatic N) is 4. The molecule has 1 aliphatic rings. The molecular formula is C24H26N4O3. The second-order valence-electron chi connectivity index (χ2n) is 8.37. The molecule has 0 N–H and O–H groups in total. The van der Waals surface area contributed by atoms with Gasteiger partial charge in [0.15, 0.2) is 0 Å². The first-order valence-electron chi connectivity index (χ1n) is 10.6. The summed E-state index contributed by atoms with van der Waals surface area (Å²) in [4.78, 5) is 25.9. The van der Waals surface area contributed by atoms with Crippen LogP contribution in [0.1, 0.15) is 41.4 Å². The first-order chi connectivity index (χ1) is 14.8. The third-order valence-electron chi connectivity index (χ3n) is 6.11. The summed E-state index contributed by atoms with van der Waals surface area (Å²) in [7, 11) is 0. The Labute approximate surface area is 181 Å². The van der Waals surface area contributed by atoms with E-state index in [2.05, 4.69) is 19.9 Å². The van der Waals surface area contributed by atoms with Crippen LogP contribution in [0.5, 0.6) is 0 Å². The Kier molecular flexibility index (Phi) is 5.59. The average molecular weight is 418 g/mol. The van der Waals surface area contributed by atoms with E-state index in [9.17, 15) is 14.9 Å². The Balaban J connectivity index is 1.77. The van der Waals surface area contributed by atoms with E-state index >= 15 is 0 Å². The van der Waals surface area contributed by atoms with Crippen LogP contribution in [-0.2, 0) is 0 Å². The van der Waals surface area contributed by atoms with E-state index in [4.69, 9.17) is 5.10 Å². The molecule has 0 atom stereocenters. The number of likely N-dealkylation sites (tertiary alicyclic amines) is 1. The number of nitro groups is 1. The molecule has 0 saturated carbocycles. The lowest BCUT2D eigenvalue weighted by molar-refractivity contribution is -0.384. The predicted molar refractivity (Wildman–Crippen MR) is 119 cm³/mol. The number of hydrogen-bond donors (Lipinski definition) is 0. The van der Waals surface area contributed by atoms with Crippen LogP contribution in [0.3, 0.4) is 0 Å². The van der Waals surface area contributed by atoms with Crippen molar-refractivity contribution in [1.82, 2.24) is 14.7 Å². The number of rotatable bonds is 4. The van der Waals surface area contributed by atoms with Gasteiger partial charge in [-0.05, 0) is 68.0 Å². The quantitative estimate of drug-likeness (QED) is 0.444. The molecule has 1 aliphatic heterocycles. The second kappa shape index (κ2) is 8.34. The maximum Gasteiger partial charge on any atom is 0.272 e. The normalized spacial score (nSPS) is 14.6. The van der Waals surface area contributed by atoms with E-state index in [-0.39, 0.29) is 11.6 Å². The number of nitro benzene ring substituents is 1. The second-order valence-corrected chi connectivity index (χ2v) is 8.37. The highest BCUT2D eigenvalue weighted by atomic mass is 16.6. The molecule has 0 bridgehead atoms. The zero-order valence-electron chi connectivity index (χ0n) is 18.0. The molecule has 1 saturated heterocycles. The minimum atomic E-state index is -0.436. The number of carbonyl (C=O) groups is 1. The highest BCUT2D eigenvalue weighted by Gasteiger charge is 2.26. The minimum Gasteiger partial charge on any atom is -0.337 e. The number of hydrogen-bond acceptors (Lipinski definition) is 4. The van der Waals surface area contributed by atoms with Gasteiger partial charge in [0, 0.05) is 30.8 Å². The van der Waals surface area contributed by atoms with Gasteiger partial charge in [-0.2, -0.15) is 5.10 Å². The van der Waals surface area contributed by atoms with Crippen molar-refractivity contribution in [3.63, 3.8) is 0 Å². The smallest absolute Gasteiger partial charge is 0.272 e. The van der Waals surface area contributed by atoms with E-state index < -0.39 is 4.92 Å². The van der Waals surface area contributed by atoms with Gasteiger partial charge in [0.25, 0.3) is 11.6 Å². The molecule has 3 aromatic rings. The Morgan fingerprint density at radius 2 is 1.71 bits per heavy atom. The largest absolute Gasteiger partial charge is 0.337 e. The summed E-state index contributed by atoms with van der Waals surface area (Å²) in [5.41, 5.74) is 5.08. The predicted octanol–water partition coefficient (Wildman–Crippen LogP) is 4.94. The van der Waals surface area contributed by atoms with Gasteiger partial charge < -0.3 is 4.90 Å². The Morgan fingerprint density at radius 3 is 2.32 bits per heavy atom. The maximum atomic E-state index is 13.4. The zero-order chi connectivity index (χ0) is 22.1. The third-order valence-corrected chi connectivity index (χ3v) is 6.11. The van der Waals surface area contributed by atoms with Crippen LogP contribution in [0.4, 0.5) is 5.69 Å². The monoisotopic (exact) mass is 418 g/mol. The fraction of sp³-hybridized carbons (Fsp3) is 0.333. The molecule has 0 radical (unpaired) electrons. The van der Waals surface area contributed by atoms with Gasteiger partial charge in [-0.3, -0.25) is 14.9 Å². The highest BCUT2D eigenvalue weighted by molar-refractivity contribution is 5.94. The Bertz CT molecular complexity index is 1130. The zero-order valence-corrected chi connectivity index (χ0v) is 18.0. The average Bonchev–Trinajstić information content (AvgIpc) is 3.21. The molecule has 2 aromatic carbocycles. The van der Waals surface area contributed by atoms with Crippen LogP contribution in [0.15, 0.2) is 48.5 Å². The first kappa shape index (κ1) is 20.8. The number of aryl methyl sites for hydroxylation is 2. The van der Waals surface area contributed by atoms with Crippen molar-refractivity contribution < 1.29 is 9.72 Å². The Hall–Kier alpha value is -3.48. The van der Waals surface area contributed by atoms with Gasteiger partial charge in [0.2, 0.25) is 0 Å². The first-order valence-corrected chi connectivity index (χ1v) is 10.6. The van der Waals surface area contributed by atoms with Crippen molar-refractivity contribution in [3.05, 3.63) is 75.5 Å². The Morgan fingerprint density at radius 1 is 1.03 bits per heavy atom. The van der Waals surface area contributed by atoms with E-state index in [1.165, 1.54) is 17.7 Å². The summed E-state index contributed by atoms with van der Waals surface area (Å²) in [6, 6.07) is 14.1. The van der Waals surface area contributed by atoms with Gasteiger partial charge in [-0.1, -0.05) is 19.1 Å². The molecule has 0 unspecified atom stereocenters. The minimum absolute atomic E-state index is 0.00295. The highest BCUT2D eigenvalue weighted by Crippen LogP contribution is 2.27. The van der Waals surface area contributed by atoms with E-state index in [0.717, 1.165) is 37.1 Å². The van der Waals surface area contributed by atoms with Gasteiger partial charge in [-0.15, -0.1) is 0 Å². The molecule has 0 spiro atoms. The molecule has 1 aromatic heterocycles. The van der Waals surface area contributed by atoms with E-state index in [0.29, 0.717) is 23.0 Å². The van der Waals surface area contributed by atoms with Gasteiger partial charge in [-0.25, -0.2) is 4.68 Å². The number of amides is 1. The van der Waals surface area contributed by atoms with Gasteiger partial charge >= 0.3 is 0 Å². The number of carbonyl (C=O) groups excluding carboxylic acids is 1. The number of non-ortho nitro benzene ring substituents is 1. The van der Waals surface area contributed by atoms with Crippen LogP contribution in [0.25, 0.3) is 16.9 Å². The maximum absolute atomic E-state index is 13.4. The van der Waals surface area contributed by atoms with Gasteiger partial charge in [0.1, 0.15) is 5.69 Å². The standard InChI is InChI=1S/C24H26N4O3/c1-16-10-12-26(13-11-16)24(29)23-15-22(19-5-4-17(2)18(3)14-19)25-27(23)20-6-8-21(9-7-20)28(30)31/h4-9,14-16H,10-13H2,1-3H3. The fourth-order valence-corrected chi connectivity index (χ4v) is 3.86.